The maximum atomic E-state index is 13.9. The SMILES string of the molecule is COc1ccc(C2C(C#N)C[C@]3(SC(=S)Oc4ccccc4)C(=O)N(C)C(SC=S)C(=O)N23)cn1. The second kappa shape index (κ2) is 10.5. The Morgan fingerprint density at radius 3 is 2.63 bits per heavy atom. The highest BCUT2D eigenvalue weighted by Crippen LogP contribution is 2.55. The van der Waals surface area contributed by atoms with E-state index in [1.165, 1.54) is 21.6 Å². The Morgan fingerprint density at radius 1 is 1.29 bits per heavy atom. The molecule has 12 heteroatoms. The molecule has 0 aliphatic carbocycles. The minimum absolute atomic E-state index is 0.0712. The standard InChI is InChI=1S/C23H20N4O4S4/c1-26-20(34-13-32)19(28)27-18(14-8-9-17(30-2)25-12-14)15(11-24)10-23(27,21(26)29)35-22(33)31-16-6-4-3-5-7-16/h3-9,12-13,15,18,20H,10H2,1-2H3/t15?,18?,20?,23-/m0/s1. The number of aromatic nitrogens is 1. The van der Waals surface area contributed by atoms with Crippen molar-refractivity contribution >= 4 is 68.9 Å². The lowest BCUT2D eigenvalue weighted by molar-refractivity contribution is -0.158. The smallest absolute Gasteiger partial charge is 0.260 e. The lowest BCUT2D eigenvalue weighted by atomic mass is 9.95. The van der Waals surface area contributed by atoms with Gasteiger partial charge in [-0.2, -0.15) is 5.26 Å². The molecule has 4 rings (SSSR count). The van der Waals surface area contributed by atoms with E-state index in [9.17, 15) is 14.9 Å². The van der Waals surface area contributed by atoms with E-state index < -0.39 is 22.2 Å². The fourth-order valence-corrected chi connectivity index (χ4v) is 7.00. The molecule has 2 aliphatic heterocycles. The Hall–Kier alpha value is -2.72. The molecule has 0 spiro atoms. The van der Waals surface area contributed by atoms with Gasteiger partial charge in [0, 0.05) is 30.4 Å². The molecule has 3 unspecified atom stereocenters. The molecule has 8 nitrogen and oxygen atoms in total. The third-order valence-electron chi connectivity index (χ3n) is 5.86. The number of benzene rings is 1. The second-order valence-electron chi connectivity index (χ2n) is 7.78. The third-order valence-corrected chi connectivity index (χ3v) is 8.54. The molecule has 180 valence electrons. The van der Waals surface area contributed by atoms with Crippen LogP contribution in [0, 0.1) is 17.2 Å². The third kappa shape index (κ3) is 4.61. The number of ether oxygens (including phenoxy) is 2. The average molecular weight is 545 g/mol. The molecule has 35 heavy (non-hydrogen) atoms. The number of hydrogen-bond donors (Lipinski definition) is 0. The van der Waals surface area contributed by atoms with Crippen LogP contribution in [-0.2, 0) is 9.59 Å². The maximum Gasteiger partial charge on any atom is 0.260 e. The summed E-state index contributed by atoms with van der Waals surface area (Å²) in [6.45, 7) is 0. The van der Waals surface area contributed by atoms with Crippen LogP contribution >= 0.6 is 48.0 Å². The highest BCUT2D eigenvalue weighted by Gasteiger charge is 2.65. The number of piperazine rings is 1. The number of carbonyl (C=O) groups excluding carboxylic acids is 2. The van der Waals surface area contributed by atoms with E-state index in [1.807, 2.05) is 6.07 Å². The van der Waals surface area contributed by atoms with Gasteiger partial charge in [-0.15, -0.1) is 0 Å². The minimum Gasteiger partial charge on any atom is -0.481 e. The summed E-state index contributed by atoms with van der Waals surface area (Å²) in [6.07, 6.45) is 1.64. The summed E-state index contributed by atoms with van der Waals surface area (Å²) in [4.78, 5) is 33.4. The highest BCUT2D eigenvalue weighted by molar-refractivity contribution is 8.24. The van der Waals surface area contributed by atoms with Gasteiger partial charge in [-0.3, -0.25) is 9.59 Å². The Labute approximate surface area is 222 Å². The Morgan fingerprint density at radius 2 is 2.03 bits per heavy atom. The van der Waals surface area contributed by atoms with Gasteiger partial charge in [-0.25, -0.2) is 4.98 Å². The molecule has 0 N–H and O–H groups in total. The van der Waals surface area contributed by atoms with Crippen molar-refractivity contribution in [1.82, 2.24) is 14.8 Å². The number of para-hydroxylation sites is 1. The fourth-order valence-electron chi connectivity index (χ4n) is 4.35. The maximum absolute atomic E-state index is 13.9. The molecule has 2 aliphatic rings. The van der Waals surface area contributed by atoms with Gasteiger partial charge in [-0.1, -0.05) is 48.2 Å². The molecule has 2 saturated heterocycles. The van der Waals surface area contributed by atoms with E-state index in [1.54, 1.807) is 49.6 Å². The van der Waals surface area contributed by atoms with Gasteiger partial charge in [0.2, 0.25) is 10.3 Å². The van der Waals surface area contributed by atoms with Crippen LogP contribution in [0.3, 0.4) is 0 Å². The van der Waals surface area contributed by atoms with Crippen LogP contribution in [0.2, 0.25) is 0 Å². The first kappa shape index (κ1) is 25.4. The number of rotatable bonds is 6. The van der Waals surface area contributed by atoms with Crippen LogP contribution in [-0.4, -0.2) is 60.1 Å². The number of likely N-dealkylation sites (N-methyl/N-ethyl adjacent to an activating group) is 1. The Kier molecular flexibility index (Phi) is 7.61. The summed E-state index contributed by atoms with van der Waals surface area (Å²) < 4.78 is 12.4. The van der Waals surface area contributed by atoms with Gasteiger partial charge in [0.15, 0.2) is 10.2 Å². The van der Waals surface area contributed by atoms with E-state index in [0.717, 1.165) is 23.5 Å². The summed E-state index contributed by atoms with van der Waals surface area (Å²) in [7, 11) is 3.06. The van der Waals surface area contributed by atoms with Crippen molar-refractivity contribution in [1.29, 1.82) is 5.26 Å². The zero-order chi connectivity index (χ0) is 25.2. The van der Waals surface area contributed by atoms with Crippen molar-refractivity contribution in [3.63, 3.8) is 0 Å². The van der Waals surface area contributed by atoms with Crippen LogP contribution in [0.25, 0.3) is 0 Å². The molecule has 0 bridgehead atoms. The number of amides is 2. The predicted molar refractivity (Wildman–Crippen MR) is 142 cm³/mol. The average Bonchev–Trinajstić information content (AvgIpc) is 3.21. The quantitative estimate of drug-likeness (QED) is 0.500. The van der Waals surface area contributed by atoms with Gasteiger partial charge < -0.3 is 19.3 Å². The van der Waals surface area contributed by atoms with Crippen molar-refractivity contribution in [3.8, 4) is 17.7 Å². The van der Waals surface area contributed by atoms with E-state index in [2.05, 4.69) is 11.1 Å². The normalized spacial score (nSPS) is 25.6. The van der Waals surface area contributed by atoms with Crippen molar-refractivity contribution in [2.75, 3.05) is 14.2 Å². The molecule has 1 aromatic carbocycles. The van der Waals surface area contributed by atoms with Crippen LogP contribution in [0.15, 0.2) is 48.7 Å². The van der Waals surface area contributed by atoms with Gasteiger partial charge >= 0.3 is 0 Å². The monoisotopic (exact) mass is 544 g/mol. The van der Waals surface area contributed by atoms with E-state index >= 15 is 0 Å². The van der Waals surface area contributed by atoms with Crippen LogP contribution < -0.4 is 9.47 Å². The second-order valence-corrected chi connectivity index (χ2v) is 11.1. The first-order valence-corrected chi connectivity index (χ1v) is 13.0. The van der Waals surface area contributed by atoms with E-state index in [-0.39, 0.29) is 22.6 Å². The number of carbonyl (C=O) groups is 2. The lowest BCUT2D eigenvalue weighted by Crippen LogP contribution is -2.66. The minimum atomic E-state index is -1.46. The van der Waals surface area contributed by atoms with Crippen molar-refractivity contribution in [2.45, 2.75) is 22.7 Å². The number of hydrogen-bond acceptors (Lipinski definition) is 10. The van der Waals surface area contributed by atoms with Crippen molar-refractivity contribution in [3.05, 3.63) is 54.2 Å². The zero-order valence-electron chi connectivity index (χ0n) is 18.7. The summed E-state index contributed by atoms with van der Waals surface area (Å²) >= 11 is 12.5. The fraction of sp³-hybridized carbons (Fsp3) is 0.304. The van der Waals surface area contributed by atoms with Gasteiger partial charge in [0.25, 0.3) is 11.8 Å². The molecule has 0 saturated carbocycles. The summed E-state index contributed by atoms with van der Waals surface area (Å²) in [5, 5.41) is 9.22. The van der Waals surface area contributed by atoms with Crippen molar-refractivity contribution < 1.29 is 19.1 Å². The number of thiocarbonyl (C=S) groups is 2. The van der Waals surface area contributed by atoms with Gasteiger partial charge in [-0.05, 0) is 41.7 Å². The number of nitrogens with zero attached hydrogens (tertiary/aromatic N) is 4. The van der Waals surface area contributed by atoms with Crippen LogP contribution in [0.5, 0.6) is 11.6 Å². The molecule has 2 amide bonds. The molecule has 2 aromatic rings. The lowest BCUT2D eigenvalue weighted by Gasteiger charge is -2.48. The Bertz CT molecular complexity index is 1190. The first-order chi connectivity index (χ1) is 16.9. The first-order valence-electron chi connectivity index (χ1n) is 10.4. The van der Waals surface area contributed by atoms with Gasteiger partial charge in [0.1, 0.15) is 5.75 Å². The predicted octanol–water partition coefficient (Wildman–Crippen LogP) is 3.79. The van der Waals surface area contributed by atoms with Gasteiger partial charge in [0.05, 0.1) is 25.1 Å². The Balaban J connectivity index is 1.78. The van der Waals surface area contributed by atoms with E-state index in [4.69, 9.17) is 33.9 Å². The largest absolute Gasteiger partial charge is 0.481 e. The topological polar surface area (TPSA) is 95.8 Å². The summed E-state index contributed by atoms with van der Waals surface area (Å²) in [5.41, 5.74) is 0.617. The molecule has 0 radical (unpaired) electrons. The number of nitriles is 1. The molecule has 3 heterocycles. The molecule has 1 aromatic heterocycles. The van der Waals surface area contributed by atoms with E-state index in [0.29, 0.717) is 17.2 Å². The number of fused-ring (bicyclic) bond motifs is 1. The summed E-state index contributed by atoms with van der Waals surface area (Å²) in [6, 6.07) is 13.9. The highest BCUT2D eigenvalue weighted by atomic mass is 32.2. The molecular formula is C23H20N4O4S4. The number of thioether (sulfide) groups is 2. The number of pyridine rings is 1. The zero-order valence-corrected chi connectivity index (χ0v) is 22.0. The molecule has 2 fully saturated rings. The van der Waals surface area contributed by atoms with Crippen molar-refractivity contribution in [2.24, 2.45) is 5.92 Å². The van der Waals surface area contributed by atoms with Crippen LogP contribution in [0.1, 0.15) is 18.0 Å². The number of methoxy groups -OCH3 is 1. The van der Waals surface area contributed by atoms with Crippen LogP contribution in [0.4, 0.5) is 0 Å². The molecule has 4 atom stereocenters. The summed E-state index contributed by atoms with van der Waals surface area (Å²) in [5.74, 6) is -0.467. The molecular weight excluding hydrogens is 525 g/mol.